The van der Waals surface area contributed by atoms with Crippen molar-refractivity contribution >= 4 is 21.5 Å². The Labute approximate surface area is 113 Å². The fourth-order valence-electron chi connectivity index (χ4n) is 2.34. The first-order valence-electron chi connectivity index (χ1n) is 5.98. The van der Waals surface area contributed by atoms with Gasteiger partial charge in [0.25, 0.3) is 11.1 Å². The van der Waals surface area contributed by atoms with E-state index in [1.165, 1.54) is 31.3 Å². The molecule has 0 amide bonds. The van der Waals surface area contributed by atoms with E-state index in [0.29, 0.717) is 10.8 Å². The van der Waals surface area contributed by atoms with Gasteiger partial charge in [0.2, 0.25) is 0 Å². The highest BCUT2D eigenvalue weighted by atomic mass is 16.3. The Morgan fingerprint density at radius 3 is 1.55 bits per heavy atom. The van der Waals surface area contributed by atoms with Crippen molar-refractivity contribution in [1.82, 2.24) is 4.57 Å². The molecule has 5 nitrogen and oxygen atoms in total. The number of nitrogens with zero attached hydrogens (tertiary/aromatic N) is 1. The van der Waals surface area contributed by atoms with Gasteiger partial charge in [-0.15, -0.1) is 0 Å². The molecule has 3 aromatic rings. The molecular weight excluding hydrogens is 258 g/mol. The van der Waals surface area contributed by atoms with Crippen molar-refractivity contribution in [1.29, 1.82) is 0 Å². The van der Waals surface area contributed by atoms with Crippen molar-refractivity contribution < 1.29 is 10.2 Å². The van der Waals surface area contributed by atoms with E-state index in [4.69, 9.17) is 0 Å². The molecule has 0 atom stereocenters. The molecular formula is C15H11NO4. The first-order valence-corrected chi connectivity index (χ1v) is 5.98. The van der Waals surface area contributed by atoms with Crippen LogP contribution in [0.4, 0.5) is 0 Å². The number of rotatable bonds is 0. The Morgan fingerprint density at radius 1 is 0.750 bits per heavy atom. The summed E-state index contributed by atoms with van der Waals surface area (Å²) in [6.07, 6.45) is 0. The van der Waals surface area contributed by atoms with E-state index in [9.17, 15) is 19.8 Å². The standard InChI is InChI=1S/C15H11NO4/c1-16-14(19)12-6-8(17)2-4-10(12)11-5-3-9(18)7-13(11)15(16)20/h2-7,17-18H,1H3. The van der Waals surface area contributed by atoms with Crippen LogP contribution in [0.25, 0.3) is 21.5 Å². The summed E-state index contributed by atoms with van der Waals surface area (Å²) < 4.78 is 0.976. The Morgan fingerprint density at radius 2 is 1.15 bits per heavy atom. The summed E-state index contributed by atoms with van der Waals surface area (Å²) >= 11 is 0. The number of aromatic nitrogens is 1. The third kappa shape index (κ3) is 1.64. The molecule has 0 aliphatic rings. The van der Waals surface area contributed by atoms with Crippen LogP contribution >= 0.6 is 0 Å². The molecule has 0 radical (unpaired) electrons. The van der Waals surface area contributed by atoms with Crippen molar-refractivity contribution in [2.75, 3.05) is 0 Å². The molecule has 1 aromatic heterocycles. The molecule has 0 bridgehead atoms. The van der Waals surface area contributed by atoms with E-state index in [1.54, 1.807) is 12.1 Å². The van der Waals surface area contributed by atoms with Crippen molar-refractivity contribution in [3.8, 4) is 11.5 Å². The lowest BCUT2D eigenvalue weighted by Crippen LogP contribution is -2.26. The Balaban J connectivity index is 2.80. The van der Waals surface area contributed by atoms with Crippen molar-refractivity contribution in [2.45, 2.75) is 0 Å². The molecule has 0 aliphatic carbocycles. The van der Waals surface area contributed by atoms with Gasteiger partial charge in [-0.2, -0.15) is 0 Å². The van der Waals surface area contributed by atoms with Gasteiger partial charge in [-0.25, -0.2) is 0 Å². The fourth-order valence-corrected chi connectivity index (χ4v) is 2.34. The highest BCUT2D eigenvalue weighted by Crippen LogP contribution is 2.25. The van der Waals surface area contributed by atoms with Gasteiger partial charge in [0.15, 0.2) is 0 Å². The first-order chi connectivity index (χ1) is 9.49. The van der Waals surface area contributed by atoms with Crippen LogP contribution in [-0.4, -0.2) is 14.8 Å². The minimum atomic E-state index is -0.489. The molecule has 3 rings (SSSR count). The lowest BCUT2D eigenvalue weighted by atomic mass is 10.1. The van der Waals surface area contributed by atoms with E-state index >= 15 is 0 Å². The SMILES string of the molecule is Cn1c(=O)c2cc(O)ccc2c2ccc(O)cc2c1=O. The normalized spacial score (nSPS) is 11.1. The number of hydrogen-bond acceptors (Lipinski definition) is 4. The average Bonchev–Trinajstić information content (AvgIpc) is 2.51. The highest BCUT2D eigenvalue weighted by Gasteiger charge is 2.10. The van der Waals surface area contributed by atoms with Crippen molar-refractivity contribution in [3.05, 3.63) is 57.1 Å². The predicted molar refractivity (Wildman–Crippen MR) is 76.3 cm³/mol. The van der Waals surface area contributed by atoms with Gasteiger partial charge >= 0.3 is 0 Å². The fraction of sp³-hybridized carbons (Fsp3) is 0.0667. The zero-order valence-electron chi connectivity index (χ0n) is 10.6. The maximum atomic E-state index is 12.3. The summed E-state index contributed by atoms with van der Waals surface area (Å²) in [5.41, 5.74) is -0.979. The lowest BCUT2D eigenvalue weighted by Gasteiger charge is -1.98. The maximum absolute atomic E-state index is 12.3. The highest BCUT2D eigenvalue weighted by molar-refractivity contribution is 6.06. The van der Waals surface area contributed by atoms with Gasteiger partial charge in [0.05, 0.1) is 10.8 Å². The van der Waals surface area contributed by atoms with Gasteiger partial charge in [0, 0.05) is 7.05 Å². The number of benzene rings is 2. The second-order valence-electron chi connectivity index (χ2n) is 4.63. The summed E-state index contributed by atoms with van der Waals surface area (Å²) in [5.74, 6) is -0.0830. The molecule has 5 heteroatoms. The van der Waals surface area contributed by atoms with Gasteiger partial charge in [-0.1, -0.05) is 0 Å². The van der Waals surface area contributed by atoms with Crippen LogP contribution in [0.2, 0.25) is 0 Å². The maximum Gasteiger partial charge on any atom is 0.261 e. The van der Waals surface area contributed by atoms with Crippen LogP contribution in [0.3, 0.4) is 0 Å². The topological polar surface area (TPSA) is 79.5 Å². The zero-order valence-corrected chi connectivity index (χ0v) is 10.6. The molecule has 0 saturated heterocycles. The molecule has 2 N–H and O–H groups in total. The van der Waals surface area contributed by atoms with E-state index in [0.717, 1.165) is 4.57 Å². The minimum absolute atomic E-state index is 0.0415. The number of aromatic hydroxyl groups is 2. The van der Waals surface area contributed by atoms with Crippen LogP contribution in [0, 0.1) is 0 Å². The summed E-state index contributed by atoms with van der Waals surface area (Å²) in [6.45, 7) is 0. The Bertz CT molecular complexity index is 895. The molecule has 1 heterocycles. The van der Waals surface area contributed by atoms with Gasteiger partial charge in [0.1, 0.15) is 11.5 Å². The molecule has 100 valence electrons. The average molecular weight is 269 g/mol. The smallest absolute Gasteiger partial charge is 0.261 e. The monoisotopic (exact) mass is 269 g/mol. The zero-order chi connectivity index (χ0) is 14.4. The van der Waals surface area contributed by atoms with Crippen LogP contribution in [-0.2, 0) is 7.05 Å². The van der Waals surface area contributed by atoms with Crippen LogP contribution < -0.4 is 11.1 Å². The summed E-state index contributed by atoms with van der Waals surface area (Å²) in [4.78, 5) is 24.6. The van der Waals surface area contributed by atoms with Crippen molar-refractivity contribution in [3.63, 3.8) is 0 Å². The second kappa shape index (κ2) is 4.09. The number of hydrogen-bond donors (Lipinski definition) is 2. The molecule has 0 unspecified atom stereocenters. The summed E-state index contributed by atoms with van der Waals surface area (Å²) in [5, 5.41) is 20.7. The molecule has 0 saturated carbocycles. The van der Waals surface area contributed by atoms with Gasteiger partial charge < -0.3 is 10.2 Å². The number of fused-ring (bicyclic) bond motifs is 3. The lowest BCUT2D eigenvalue weighted by molar-refractivity contribution is 0.475. The molecule has 0 spiro atoms. The van der Waals surface area contributed by atoms with Crippen LogP contribution in [0.1, 0.15) is 0 Å². The molecule has 0 fully saturated rings. The van der Waals surface area contributed by atoms with E-state index < -0.39 is 11.1 Å². The summed E-state index contributed by atoms with van der Waals surface area (Å²) in [7, 11) is 1.37. The summed E-state index contributed by atoms with van der Waals surface area (Å²) in [6, 6.07) is 8.76. The quantitative estimate of drug-likeness (QED) is 0.647. The number of phenols is 2. The van der Waals surface area contributed by atoms with Crippen molar-refractivity contribution in [2.24, 2.45) is 7.05 Å². The van der Waals surface area contributed by atoms with E-state index in [2.05, 4.69) is 0 Å². The minimum Gasteiger partial charge on any atom is -0.508 e. The predicted octanol–water partition coefficient (Wildman–Crippen LogP) is 1.46. The third-order valence-corrected chi connectivity index (χ3v) is 3.37. The Hall–Kier alpha value is -2.82. The third-order valence-electron chi connectivity index (χ3n) is 3.37. The molecule has 20 heavy (non-hydrogen) atoms. The van der Waals surface area contributed by atoms with Gasteiger partial charge in [-0.05, 0) is 47.2 Å². The largest absolute Gasteiger partial charge is 0.508 e. The van der Waals surface area contributed by atoms with E-state index in [1.807, 2.05) is 0 Å². The molecule has 0 aliphatic heterocycles. The van der Waals surface area contributed by atoms with Crippen LogP contribution in [0.5, 0.6) is 11.5 Å². The van der Waals surface area contributed by atoms with Gasteiger partial charge in [-0.3, -0.25) is 14.2 Å². The second-order valence-corrected chi connectivity index (χ2v) is 4.63. The van der Waals surface area contributed by atoms with E-state index in [-0.39, 0.29) is 22.3 Å². The molecule has 2 aromatic carbocycles. The number of phenolic OH excluding ortho intramolecular Hbond substituents is 2. The van der Waals surface area contributed by atoms with Crippen LogP contribution in [0.15, 0.2) is 46.0 Å². The Kier molecular flexibility index (Phi) is 2.50. The first kappa shape index (κ1) is 12.2.